The van der Waals surface area contributed by atoms with Crippen LogP contribution in [0.5, 0.6) is 0 Å². The number of rotatable bonds is 2. The van der Waals surface area contributed by atoms with Gasteiger partial charge in [-0.3, -0.25) is 4.21 Å². The maximum Gasteiger partial charge on any atom is 1.00 e. The van der Waals surface area contributed by atoms with Crippen molar-refractivity contribution in [1.82, 2.24) is 9.78 Å². The second-order valence-corrected chi connectivity index (χ2v) is 4.34. The first-order chi connectivity index (χ1) is 8.38. The molecule has 0 saturated carbocycles. The van der Waals surface area contributed by atoms with Crippen molar-refractivity contribution in [2.75, 3.05) is 0 Å². The quantitative estimate of drug-likeness (QED) is 0.535. The van der Waals surface area contributed by atoms with Crippen LogP contribution < -0.4 is 29.6 Å². The van der Waals surface area contributed by atoms with Crippen LogP contribution in [-0.2, 0) is 17.3 Å². The summed E-state index contributed by atoms with van der Waals surface area (Å²) in [4.78, 5) is -0.0904. The molecule has 1 heterocycles. The Morgan fingerprint density at radius 3 is 2.53 bits per heavy atom. The van der Waals surface area contributed by atoms with Gasteiger partial charge in [0.2, 0.25) is 0 Å². The Labute approximate surface area is 131 Å². The van der Waals surface area contributed by atoms with E-state index in [0.29, 0.717) is 0 Å². The van der Waals surface area contributed by atoms with Crippen LogP contribution in [0.3, 0.4) is 0 Å². The average Bonchev–Trinajstić information content (AvgIpc) is 2.77. The van der Waals surface area contributed by atoms with Crippen molar-refractivity contribution in [3.05, 3.63) is 42.2 Å². The van der Waals surface area contributed by atoms with E-state index in [-0.39, 0.29) is 40.1 Å². The molecule has 0 radical (unpaired) electrons. The molecule has 19 heavy (non-hydrogen) atoms. The number of benzene rings is 1. The van der Waals surface area contributed by atoms with E-state index in [4.69, 9.17) is 0 Å². The first kappa shape index (κ1) is 16.4. The molecular formula is C10H6F3N2NaO2S. The summed E-state index contributed by atoms with van der Waals surface area (Å²) in [6.07, 6.45) is -2.25. The zero-order valence-electron chi connectivity index (χ0n) is 9.72. The summed E-state index contributed by atoms with van der Waals surface area (Å²) in [5, 5.41) is 3.69. The Bertz CT molecular complexity index is 600. The summed E-state index contributed by atoms with van der Waals surface area (Å²) in [6, 6.07) is 4.46. The van der Waals surface area contributed by atoms with Crippen LogP contribution in [0, 0.1) is 0 Å². The zero-order valence-corrected chi connectivity index (χ0v) is 12.5. The zero-order chi connectivity index (χ0) is 13.3. The van der Waals surface area contributed by atoms with Crippen molar-refractivity contribution >= 4 is 11.1 Å². The van der Waals surface area contributed by atoms with Crippen molar-refractivity contribution in [2.24, 2.45) is 0 Å². The first-order valence-corrected chi connectivity index (χ1v) is 5.77. The van der Waals surface area contributed by atoms with E-state index in [9.17, 15) is 21.9 Å². The maximum absolute atomic E-state index is 12.5. The minimum Gasteiger partial charge on any atom is -0.768 e. The van der Waals surface area contributed by atoms with Gasteiger partial charge in [0.05, 0.1) is 22.3 Å². The minimum atomic E-state index is -4.45. The third-order valence-corrected chi connectivity index (χ3v) is 2.79. The van der Waals surface area contributed by atoms with Gasteiger partial charge in [-0.05, 0) is 29.3 Å². The van der Waals surface area contributed by atoms with Gasteiger partial charge in [-0.15, -0.1) is 0 Å². The molecule has 1 atom stereocenters. The largest absolute Gasteiger partial charge is 1.00 e. The van der Waals surface area contributed by atoms with E-state index < -0.39 is 22.8 Å². The average molecular weight is 298 g/mol. The number of hydrogen-bond donors (Lipinski definition) is 0. The first-order valence-electron chi connectivity index (χ1n) is 4.69. The van der Waals surface area contributed by atoms with Gasteiger partial charge in [-0.2, -0.15) is 18.3 Å². The Morgan fingerprint density at radius 1 is 1.32 bits per heavy atom. The van der Waals surface area contributed by atoms with E-state index in [0.717, 1.165) is 29.2 Å². The predicted molar refractivity (Wildman–Crippen MR) is 55.8 cm³/mol. The van der Waals surface area contributed by atoms with Crippen molar-refractivity contribution in [3.8, 4) is 5.69 Å². The van der Waals surface area contributed by atoms with Gasteiger partial charge < -0.3 is 4.55 Å². The summed E-state index contributed by atoms with van der Waals surface area (Å²) < 4.78 is 59.8. The molecule has 0 aliphatic heterocycles. The molecule has 4 nitrogen and oxygen atoms in total. The van der Waals surface area contributed by atoms with E-state index in [1.165, 1.54) is 12.1 Å². The van der Waals surface area contributed by atoms with Gasteiger partial charge in [-0.1, -0.05) is 6.07 Å². The molecule has 1 aromatic carbocycles. The fraction of sp³-hybridized carbons (Fsp3) is 0.100. The van der Waals surface area contributed by atoms with Crippen molar-refractivity contribution in [1.29, 1.82) is 0 Å². The van der Waals surface area contributed by atoms with Gasteiger partial charge in [-0.25, -0.2) is 4.68 Å². The van der Waals surface area contributed by atoms with Crippen molar-refractivity contribution < 1.29 is 51.5 Å². The molecule has 0 saturated heterocycles. The molecular weight excluding hydrogens is 292 g/mol. The van der Waals surface area contributed by atoms with Gasteiger partial charge in [0.1, 0.15) is 0 Å². The fourth-order valence-corrected chi connectivity index (χ4v) is 1.68. The molecule has 2 aromatic rings. The number of alkyl halides is 3. The van der Waals surface area contributed by atoms with Crippen LogP contribution >= 0.6 is 0 Å². The number of nitrogens with zero attached hydrogens (tertiary/aromatic N) is 2. The monoisotopic (exact) mass is 298 g/mol. The maximum atomic E-state index is 12.5. The molecule has 0 bridgehead atoms. The molecule has 9 heteroatoms. The topological polar surface area (TPSA) is 57.9 Å². The van der Waals surface area contributed by atoms with Crippen molar-refractivity contribution in [3.63, 3.8) is 0 Å². The Morgan fingerprint density at radius 2 is 2.00 bits per heavy atom. The van der Waals surface area contributed by atoms with E-state index in [1.54, 1.807) is 0 Å². The van der Waals surface area contributed by atoms with Crippen LogP contribution in [0.4, 0.5) is 13.2 Å². The Hall–Kier alpha value is -0.670. The molecule has 0 aliphatic carbocycles. The smallest absolute Gasteiger partial charge is 0.768 e. The molecule has 96 valence electrons. The summed E-state index contributed by atoms with van der Waals surface area (Å²) in [5.41, 5.74) is -0.679. The third kappa shape index (κ3) is 3.90. The predicted octanol–water partition coefficient (Wildman–Crippen LogP) is -0.867. The van der Waals surface area contributed by atoms with E-state index >= 15 is 0 Å². The van der Waals surface area contributed by atoms with E-state index in [2.05, 4.69) is 5.10 Å². The molecule has 0 N–H and O–H groups in total. The molecule has 2 rings (SSSR count). The van der Waals surface area contributed by atoms with Crippen LogP contribution in [0.2, 0.25) is 0 Å². The molecule has 0 spiro atoms. The van der Waals surface area contributed by atoms with Crippen LogP contribution in [0.15, 0.2) is 41.6 Å². The second kappa shape index (κ2) is 6.19. The number of hydrogen-bond acceptors (Lipinski definition) is 3. The standard InChI is InChI=1S/C10H7F3N2O2S.Na/c11-10(12,13)7-2-1-3-8(4-7)15-6-9(5-14-15)18(16)17;/h1-6H,(H,16,17);/q;+1/p-1. The van der Waals surface area contributed by atoms with Crippen LogP contribution in [0.1, 0.15) is 5.56 Å². The van der Waals surface area contributed by atoms with Crippen molar-refractivity contribution in [2.45, 2.75) is 11.1 Å². The van der Waals surface area contributed by atoms with Crippen LogP contribution in [0.25, 0.3) is 5.69 Å². The van der Waals surface area contributed by atoms with Gasteiger partial charge in [0.25, 0.3) is 0 Å². The molecule has 1 unspecified atom stereocenters. The molecule has 0 aliphatic rings. The summed E-state index contributed by atoms with van der Waals surface area (Å²) in [5.74, 6) is 0. The SMILES string of the molecule is O=S([O-])c1cnn(-c2cccc(C(F)(F)F)c2)c1.[Na+]. The third-order valence-electron chi connectivity index (χ3n) is 2.19. The molecule has 1 aromatic heterocycles. The number of aromatic nitrogens is 2. The fourth-order valence-electron chi connectivity index (χ4n) is 1.36. The van der Waals surface area contributed by atoms with Gasteiger partial charge in [0, 0.05) is 6.20 Å². The van der Waals surface area contributed by atoms with Gasteiger partial charge in [0.15, 0.2) is 0 Å². The summed E-state index contributed by atoms with van der Waals surface area (Å²) in [7, 11) is 0. The number of halogens is 3. The minimum absolute atomic E-state index is 0. The molecule has 0 fully saturated rings. The van der Waals surface area contributed by atoms with E-state index in [1.807, 2.05) is 0 Å². The van der Waals surface area contributed by atoms with Crippen LogP contribution in [-0.4, -0.2) is 18.5 Å². The normalized spacial score (nSPS) is 12.8. The molecule has 0 amide bonds. The second-order valence-electron chi connectivity index (χ2n) is 3.40. The summed E-state index contributed by atoms with van der Waals surface area (Å²) >= 11 is -2.46. The van der Waals surface area contributed by atoms with Gasteiger partial charge >= 0.3 is 35.7 Å². The Balaban J connectivity index is 0.00000180. The Kier molecular flexibility index (Phi) is 5.34. The summed E-state index contributed by atoms with van der Waals surface area (Å²) in [6.45, 7) is 0.